The van der Waals surface area contributed by atoms with Crippen LogP contribution in [0.1, 0.15) is 41.7 Å². The summed E-state index contributed by atoms with van der Waals surface area (Å²) in [5, 5.41) is 8.51. The van der Waals surface area contributed by atoms with Crippen LogP contribution in [0.4, 0.5) is 0 Å². The summed E-state index contributed by atoms with van der Waals surface area (Å²) in [6.07, 6.45) is 2.40. The lowest BCUT2D eigenvalue weighted by Crippen LogP contribution is -2.46. The Balaban J connectivity index is 1.30. The Morgan fingerprint density at radius 3 is 2.28 bits per heavy atom. The molecule has 1 atom stereocenters. The zero-order chi connectivity index (χ0) is 22.0. The number of piperidine rings is 1. The fourth-order valence-electron chi connectivity index (χ4n) is 5.42. The molecule has 3 aromatic rings. The van der Waals surface area contributed by atoms with Crippen LogP contribution < -0.4 is 0 Å². The molecule has 1 amide bonds. The van der Waals surface area contributed by atoms with E-state index in [4.69, 9.17) is 4.42 Å². The van der Waals surface area contributed by atoms with Crippen LogP contribution in [-0.4, -0.2) is 52.1 Å². The van der Waals surface area contributed by atoms with E-state index in [1.165, 1.54) is 5.56 Å². The van der Waals surface area contributed by atoms with Gasteiger partial charge in [0, 0.05) is 39.6 Å². The zero-order valence-corrected chi connectivity index (χ0v) is 18.6. The van der Waals surface area contributed by atoms with Crippen molar-refractivity contribution < 1.29 is 9.21 Å². The van der Waals surface area contributed by atoms with E-state index >= 15 is 0 Å². The second-order valence-electron chi connectivity index (χ2n) is 9.27. The molecule has 0 bridgehead atoms. The highest BCUT2D eigenvalue weighted by molar-refractivity contribution is 5.78. The summed E-state index contributed by atoms with van der Waals surface area (Å²) >= 11 is 0. The second-order valence-corrected chi connectivity index (χ2v) is 9.27. The fraction of sp³-hybridized carbons (Fsp3) is 0.423. The van der Waals surface area contributed by atoms with Crippen LogP contribution >= 0.6 is 0 Å². The molecule has 166 valence electrons. The number of likely N-dealkylation sites (tertiary alicyclic amines) is 2. The number of hydrogen-bond donors (Lipinski definition) is 0. The van der Waals surface area contributed by atoms with Gasteiger partial charge >= 0.3 is 0 Å². The van der Waals surface area contributed by atoms with Gasteiger partial charge < -0.3 is 9.32 Å². The lowest BCUT2D eigenvalue weighted by molar-refractivity contribution is -0.132. The minimum atomic E-state index is 0.0667. The van der Waals surface area contributed by atoms with Gasteiger partial charge in [0.1, 0.15) is 0 Å². The molecule has 0 radical (unpaired) electrons. The van der Waals surface area contributed by atoms with Crippen molar-refractivity contribution in [2.24, 2.45) is 5.41 Å². The molecule has 6 heteroatoms. The molecule has 2 fully saturated rings. The third-order valence-electron chi connectivity index (χ3n) is 7.12. The lowest BCUT2D eigenvalue weighted by Gasteiger charge is -2.42. The van der Waals surface area contributed by atoms with E-state index in [0.717, 1.165) is 57.0 Å². The van der Waals surface area contributed by atoms with Crippen molar-refractivity contribution in [3.8, 4) is 0 Å². The van der Waals surface area contributed by atoms with Crippen LogP contribution in [0.5, 0.6) is 0 Å². The molecular weight excluding hydrogens is 400 g/mol. The maximum absolute atomic E-state index is 12.9. The van der Waals surface area contributed by atoms with Crippen LogP contribution in [0.25, 0.3) is 0 Å². The summed E-state index contributed by atoms with van der Waals surface area (Å²) in [6, 6.07) is 20.6. The first-order valence-electron chi connectivity index (χ1n) is 11.5. The Morgan fingerprint density at radius 1 is 1.00 bits per heavy atom. The molecule has 1 spiro atoms. The van der Waals surface area contributed by atoms with Gasteiger partial charge in [0.05, 0.1) is 12.3 Å². The number of rotatable bonds is 5. The van der Waals surface area contributed by atoms with Crippen molar-refractivity contribution in [3.63, 3.8) is 0 Å². The SMILES string of the molecule is Cc1nnc(C2CN(Cc3ccccc3)CC23CCN(C(=O)Cc2ccccc2)CC3)o1. The van der Waals surface area contributed by atoms with Crippen LogP contribution in [0.2, 0.25) is 0 Å². The summed E-state index contributed by atoms with van der Waals surface area (Å²) in [5.41, 5.74) is 2.46. The summed E-state index contributed by atoms with van der Waals surface area (Å²) in [6.45, 7) is 6.25. The van der Waals surface area contributed by atoms with Gasteiger partial charge in [-0.25, -0.2) is 0 Å². The monoisotopic (exact) mass is 430 g/mol. The summed E-state index contributed by atoms with van der Waals surface area (Å²) < 4.78 is 5.92. The van der Waals surface area contributed by atoms with E-state index in [1.807, 2.05) is 42.2 Å². The second kappa shape index (κ2) is 8.87. The maximum Gasteiger partial charge on any atom is 0.226 e. The van der Waals surface area contributed by atoms with E-state index in [0.29, 0.717) is 12.3 Å². The third-order valence-corrected chi connectivity index (χ3v) is 7.12. The van der Waals surface area contributed by atoms with Gasteiger partial charge in [-0.2, -0.15) is 0 Å². The largest absolute Gasteiger partial charge is 0.425 e. The molecule has 2 saturated heterocycles. The maximum atomic E-state index is 12.9. The van der Waals surface area contributed by atoms with Gasteiger partial charge in [0.15, 0.2) is 0 Å². The number of amides is 1. The molecular formula is C26H30N4O2. The fourth-order valence-corrected chi connectivity index (χ4v) is 5.42. The van der Waals surface area contributed by atoms with Crippen molar-refractivity contribution in [2.75, 3.05) is 26.2 Å². The third kappa shape index (κ3) is 4.32. The van der Waals surface area contributed by atoms with Crippen LogP contribution in [0, 0.1) is 12.3 Å². The molecule has 1 unspecified atom stereocenters. The van der Waals surface area contributed by atoms with Crippen LogP contribution in [-0.2, 0) is 17.8 Å². The summed E-state index contributed by atoms with van der Waals surface area (Å²) in [7, 11) is 0. The summed E-state index contributed by atoms with van der Waals surface area (Å²) in [5.74, 6) is 1.79. The van der Waals surface area contributed by atoms with Gasteiger partial charge in [-0.3, -0.25) is 9.69 Å². The Morgan fingerprint density at radius 2 is 1.66 bits per heavy atom. The van der Waals surface area contributed by atoms with Crippen LogP contribution in [0.15, 0.2) is 65.1 Å². The highest BCUT2D eigenvalue weighted by Crippen LogP contribution is 2.49. The number of aryl methyl sites for hydroxylation is 1. The van der Waals surface area contributed by atoms with Gasteiger partial charge in [-0.1, -0.05) is 60.7 Å². The minimum absolute atomic E-state index is 0.0667. The van der Waals surface area contributed by atoms with Gasteiger partial charge in [0.25, 0.3) is 0 Å². The average Bonchev–Trinajstić information content (AvgIpc) is 3.39. The van der Waals surface area contributed by atoms with E-state index in [9.17, 15) is 4.79 Å². The highest BCUT2D eigenvalue weighted by Gasteiger charge is 2.51. The van der Waals surface area contributed by atoms with Crippen molar-refractivity contribution in [1.82, 2.24) is 20.0 Å². The molecule has 3 heterocycles. The Labute approximate surface area is 189 Å². The first-order valence-corrected chi connectivity index (χ1v) is 11.5. The quantitative estimate of drug-likeness (QED) is 0.616. The smallest absolute Gasteiger partial charge is 0.226 e. The number of benzene rings is 2. The van der Waals surface area contributed by atoms with Gasteiger partial charge in [0.2, 0.25) is 17.7 Å². The predicted octanol–water partition coefficient (Wildman–Crippen LogP) is 3.83. The Bertz CT molecular complexity index is 1040. The molecule has 5 rings (SSSR count). The van der Waals surface area contributed by atoms with Crippen molar-refractivity contribution in [1.29, 1.82) is 0 Å². The standard InChI is InChI=1S/C26H30N4O2/c1-20-27-28-25(32-20)23-18-29(17-22-10-6-3-7-11-22)19-26(23)12-14-30(15-13-26)24(31)16-21-8-4-2-5-9-21/h2-11,23H,12-19H2,1H3. The Hall–Kier alpha value is -2.99. The van der Waals surface area contributed by atoms with Crippen molar-refractivity contribution in [2.45, 2.75) is 38.6 Å². The molecule has 0 aliphatic carbocycles. The number of nitrogens with zero attached hydrogens (tertiary/aromatic N) is 4. The minimum Gasteiger partial charge on any atom is -0.425 e. The zero-order valence-electron chi connectivity index (χ0n) is 18.6. The lowest BCUT2D eigenvalue weighted by atomic mass is 9.70. The number of carbonyl (C=O) groups excluding carboxylic acids is 1. The molecule has 2 aliphatic heterocycles. The van der Waals surface area contributed by atoms with Gasteiger partial charge in [-0.15, -0.1) is 10.2 Å². The molecule has 2 aromatic carbocycles. The molecule has 32 heavy (non-hydrogen) atoms. The van der Waals surface area contributed by atoms with Gasteiger partial charge in [-0.05, 0) is 29.4 Å². The molecule has 0 saturated carbocycles. The Kier molecular flexibility index (Phi) is 5.79. The van der Waals surface area contributed by atoms with Crippen molar-refractivity contribution in [3.05, 3.63) is 83.6 Å². The van der Waals surface area contributed by atoms with E-state index < -0.39 is 0 Å². The predicted molar refractivity (Wildman–Crippen MR) is 122 cm³/mol. The first kappa shape index (κ1) is 20.9. The number of hydrogen-bond acceptors (Lipinski definition) is 5. The first-order chi connectivity index (χ1) is 15.6. The topological polar surface area (TPSA) is 62.5 Å². The van der Waals surface area contributed by atoms with E-state index in [2.05, 4.69) is 45.4 Å². The normalized spacial score (nSPS) is 20.7. The van der Waals surface area contributed by atoms with E-state index in [-0.39, 0.29) is 17.2 Å². The van der Waals surface area contributed by atoms with E-state index in [1.54, 1.807) is 0 Å². The molecule has 6 nitrogen and oxygen atoms in total. The molecule has 2 aliphatic rings. The highest BCUT2D eigenvalue weighted by atomic mass is 16.4. The van der Waals surface area contributed by atoms with Crippen molar-refractivity contribution >= 4 is 5.91 Å². The number of aromatic nitrogens is 2. The summed E-state index contributed by atoms with van der Waals surface area (Å²) in [4.78, 5) is 17.5. The van der Waals surface area contributed by atoms with Crippen LogP contribution in [0.3, 0.4) is 0 Å². The molecule has 0 N–H and O–H groups in total. The number of carbonyl (C=O) groups is 1. The average molecular weight is 431 g/mol. The molecule has 1 aromatic heterocycles.